The van der Waals surface area contributed by atoms with Gasteiger partial charge in [-0.15, -0.1) is 0 Å². The number of hydrogen-bond donors (Lipinski definition) is 2. The summed E-state index contributed by atoms with van der Waals surface area (Å²) < 4.78 is 26.5. The SMILES string of the molecule is O=C(NCCCc1ccccc1)c1cnc(Nc2ccc(F)cc2F)nc1. The van der Waals surface area contributed by atoms with Crippen LogP contribution in [0.15, 0.2) is 60.9 Å². The van der Waals surface area contributed by atoms with Crippen molar-refractivity contribution in [1.82, 2.24) is 15.3 Å². The first-order valence-corrected chi connectivity index (χ1v) is 8.48. The minimum Gasteiger partial charge on any atom is -0.352 e. The molecule has 138 valence electrons. The molecule has 1 heterocycles. The number of amides is 1. The molecule has 5 nitrogen and oxygen atoms in total. The fraction of sp³-hybridized carbons (Fsp3) is 0.150. The van der Waals surface area contributed by atoms with Gasteiger partial charge in [0.15, 0.2) is 0 Å². The van der Waals surface area contributed by atoms with Crippen LogP contribution in [0.25, 0.3) is 0 Å². The first kappa shape index (κ1) is 18.4. The maximum Gasteiger partial charge on any atom is 0.254 e. The fourth-order valence-electron chi connectivity index (χ4n) is 2.46. The number of aryl methyl sites for hydroxylation is 1. The molecule has 3 aromatic rings. The molecule has 0 saturated carbocycles. The highest BCUT2D eigenvalue weighted by Crippen LogP contribution is 2.18. The smallest absolute Gasteiger partial charge is 0.254 e. The van der Waals surface area contributed by atoms with Gasteiger partial charge in [0.2, 0.25) is 5.95 Å². The third-order valence-electron chi connectivity index (χ3n) is 3.86. The highest BCUT2D eigenvalue weighted by Gasteiger charge is 2.09. The van der Waals surface area contributed by atoms with Crippen molar-refractivity contribution in [3.63, 3.8) is 0 Å². The number of benzene rings is 2. The summed E-state index contributed by atoms with van der Waals surface area (Å²) in [6.07, 6.45) is 4.40. The van der Waals surface area contributed by atoms with E-state index in [-0.39, 0.29) is 17.5 Å². The third-order valence-corrected chi connectivity index (χ3v) is 3.86. The summed E-state index contributed by atoms with van der Waals surface area (Å²) in [6, 6.07) is 13.2. The van der Waals surface area contributed by atoms with Crippen LogP contribution in [0, 0.1) is 11.6 Å². The highest BCUT2D eigenvalue weighted by atomic mass is 19.1. The van der Waals surface area contributed by atoms with Crippen LogP contribution in [0.2, 0.25) is 0 Å². The van der Waals surface area contributed by atoms with Gasteiger partial charge in [-0.05, 0) is 30.5 Å². The maximum absolute atomic E-state index is 13.6. The van der Waals surface area contributed by atoms with Gasteiger partial charge < -0.3 is 10.6 Å². The summed E-state index contributed by atoms with van der Waals surface area (Å²) in [5, 5.41) is 5.45. The van der Waals surface area contributed by atoms with E-state index in [1.807, 2.05) is 30.3 Å². The summed E-state index contributed by atoms with van der Waals surface area (Å²) in [4.78, 5) is 20.1. The van der Waals surface area contributed by atoms with Crippen LogP contribution in [-0.4, -0.2) is 22.4 Å². The minimum absolute atomic E-state index is 0.0505. The zero-order valence-electron chi connectivity index (χ0n) is 14.5. The van der Waals surface area contributed by atoms with E-state index < -0.39 is 11.6 Å². The van der Waals surface area contributed by atoms with E-state index in [1.165, 1.54) is 24.0 Å². The van der Waals surface area contributed by atoms with Gasteiger partial charge in [0, 0.05) is 25.0 Å². The Morgan fingerprint density at radius 1 is 1.00 bits per heavy atom. The monoisotopic (exact) mass is 368 g/mol. The summed E-state index contributed by atoms with van der Waals surface area (Å²) in [6.45, 7) is 0.536. The van der Waals surface area contributed by atoms with Gasteiger partial charge >= 0.3 is 0 Å². The van der Waals surface area contributed by atoms with Crippen molar-refractivity contribution in [3.8, 4) is 0 Å². The second-order valence-corrected chi connectivity index (χ2v) is 5.89. The van der Waals surface area contributed by atoms with Crippen LogP contribution >= 0.6 is 0 Å². The van der Waals surface area contributed by atoms with Crippen LogP contribution in [0.5, 0.6) is 0 Å². The second kappa shape index (κ2) is 8.84. The summed E-state index contributed by atoms with van der Waals surface area (Å²) in [5.41, 5.74) is 1.58. The summed E-state index contributed by atoms with van der Waals surface area (Å²) in [7, 11) is 0. The average molecular weight is 368 g/mol. The molecule has 0 fully saturated rings. The molecule has 7 heteroatoms. The third kappa shape index (κ3) is 5.31. The molecule has 3 rings (SSSR count). The van der Waals surface area contributed by atoms with Crippen molar-refractivity contribution in [2.24, 2.45) is 0 Å². The Morgan fingerprint density at radius 3 is 2.44 bits per heavy atom. The standard InChI is InChI=1S/C20H18F2N4O/c21-16-8-9-18(17(22)11-16)26-20-24-12-15(13-25-20)19(27)23-10-4-7-14-5-2-1-3-6-14/h1-3,5-6,8-9,11-13H,4,7,10H2,(H,23,27)(H,24,25,26). The molecule has 2 aromatic carbocycles. The number of aromatic nitrogens is 2. The van der Waals surface area contributed by atoms with E-state index in [0.29, 0.717) is 12.1 Å². The van der Waals surface area contributed by atoms with Gasteiger partial charge in [0.1, 0.15) is 11.6 Å². The fourth-order valence-corrected chi connectivity index (χ4v) is 2.46. The molecule has 0 aliphatic rings. The van der Waals surface area contributed by atoms with E-state index in [9.17, 15) is 13.6 Å². The molecule has 0 aliphatic heterocycles. The lowest BCUT2D eigenvalue weighted by molar-refractivity contribution is 0.0952. The van der Waals surface area contributed by atoms with Crippen LogP contribution < -0.4 is 10.6 Å². The number of halogens is 2. The Kier molecular flexibility index (Phi) is 6.04. The highest BCUT2D eigenvalue weighted by molar-refractivity contribution is 5.93. The Balaban J connectivity index is 1.49. The van der Waals surface area contributed by atoms with Gasteiger partial charge in [0.05, 0.1) is 11.3 Å². The molecule has 1 aromatic heterocycles. The van der Waals surface area contributed by atoms with E-state index in [1.54, 1.807) is 0 Å². The molecule has 0 atom stereocenters. The van der Waals surface area contributed by atoms with Crippen molar-refractivity contribution in [2.45, 2.75) is 12.8 Å². The van der Waals surface area contributed by atoms with Crippen LogP contribution in [0.4, 0.5) is 20.4 Å². The molecule has 0 radical (unpaired) electrons. The lowest BCUT2D eigenvalue weighted by Gasteiger charge is -2.07. The van der Waals surface area contributed by atoms with Gasteiger partial charge in [-0.1, -0.05) is 30.3 Å². The Bertz CT molecular complexity index is 902. The molecule has 0 unspecified atom stereocenters. The van der Waals surface area contributed by atoms with Crippen molar-refractivity contribution < 1.29 is 13.6 Å². The van der Waals surface area contributed by atoms with Gasteiger partial charge in [0.25, 0.3) is 5.91 Å². The molecule has 1 amide bonds. The molecule has 0 bridgehead atoms. The van der Waals surface area contributed by atoms with E-state index in [0.717, 1.165) is 25.0 Å². The van der Waals surface area contributed by atoms with Crippen LogP contribution in [0.1, 0.15) is 22.3 Å². The van der Waals surface area contributed by atoms with E-state index >= 15 is 0 Å². The average Bonchev–Trinajstić information content (AvgIpc) is 2.69. The molecule has 2 N–H and O–H groups in total. The predicted octanol–water partition coefficient (Wildman–Crippen LogP) is 3.86. The number of rotatable bonds is 7. The molecular weight excluding hydrogens is 350 g/mol. The Hall–Kier alpha value is -3.35. The minimum atomic E-state index is -0.751. The quantitative estimate of drug-likeness (QED) is 0.622. The topological polar surface area (TPSA) is 66.9 Å². The molecule has 0 saturated heterocycles. The number of hydrogen-bond acceptors (Lipinski definition) is 4. The van der Waals surface area contributed by atoms with Crippen LogP contribution in [0.3, 0.4) is 0 Å². The van der Waals surface area contributed by atoms with Crippen molar-refractivity contribution in [2.75, 3.05) is 11.9 Å². The lowest BCUT2D eigenvalue weighted by Crippen LogP contribution is -2.25. The van der Waals surface area contributed by atoms with Gasteiger partial charge in [-0.2, -0.15) is 0 Å². The first-order valence-electron chi connectivity index (χ1n) is 8.48. The van der Waals surface area contributed by atoms with E-state index in [4.69, 9.17) is 0 Å². The number of nitrogens with one attached hydrogen (secondary N) is 2. The number of anilines is 2. The second-order valence-electron chi connectivity index (χ2n) is 5.89. The number of nitrogens with zero attached hydrogens (tertiary/aromatic N) is 2. The van der Waals surface area contributed by atoms with Crippen LogP contribution in [-0.2, 0) is 6.42 Å². The summed E-state index contributed by atoms with van der Waals surface area (Å²) >= 11 is 0. The number of carbonyl (C=O) groups is 1. The zero-order chi connectivity index (χ0) is 19.1. The molecule has 0 spiro atoms. The first-order chi connectivity index (χ1) is 13.1. The zero-order valence-corrected chi connectivity index (χ0v) is 14.5. The van der Waals surface area contributed by atoms with Gasteiger partial charge in [-0.3, -0.25) is 4.79 Å². The Labute approximate surface area is 155 Å². The molecular formula is C20H18F2N4O. The lowest BCUT2D eigenvalue weighted by atomic mass is 10.1. The molecule has 27 heavy (non-hydrogen) atoms. The number of carbonyl (C=O) groups excluding carboxylic acids is 1. The Morgan fingerprint density at radius 2 is 1.74 bits per heavy atom. The van der Waals surface area contributed by atoms with Crippen molar-refractivity contribution in [1.29, 1.82) is 0 Å². The molecule has 0 aliphatic carbocycles. The van der Waals surface area contributed by atoms with Crippen molar-refractivity contribution in [3.05, 3.63) is 83.7 Å². The summed E-state index contributed by atoms with van der Waals surface area (Å²) in [5.74, 6) is -1.58. The largest absolute Gasteiger partial charge is 0.352 e. The van der Waals surface area contributed by atoms with E-state index in [2.05, 4.69) is 20.6 Å². The van der Waals surface area contributed by atoms with Crippen molar-refractivity contribution >= 4 is 17.5 Å². The predicted molar refractivity (Wildman–Crippen MR) is 98.8 cm³/mol. The normalized spacial score (nSPS) is 10.4. The van der Waals surface area contributed by atoms with Gasteiger partial charge in [-0.25, -0.2) is 18.7 Å². The maximum atomic E-state index is 13.6.